The maximum Gasteiger partial charge on any atom is 0.222 e. The molecule has 26 heavy (non-hydrogen) atoms. The highest BCUT2D eigenvalue weighted by Gasteiger charge is 2.33. The van der Waals surface area contributed by atoms with E-state index in [1.807, 2.05) is 38.1 Å². The summed E-state index contributed by atoms with van der Waals surface area (Å²) in [6.07, 6.45) is 2.30. The molecular formula is C19H29NO5S. The van der Waals surface area contributed by atoms with E-state index in [0.717, 1.165) is 6.42 Å². The highest BCUT2D eigenvalue weighted by atomic mass is 32.2. The van der Waals surface area contributed by atoms with Crippen molar-refractivity contribution >= 4 is 15.7 Å². The molecule has 0 bridgehead atoms. The lowest BCUT2D eigenvalue weighted by atomic mass is 10.2. The van der Waals surface area contributed by atoms with E-state index in [1.54, 1.807) is 4.90 Å². The lowest BCUT2D eigenvalue weighted by Crippen LogP contribution is -2.41. The summed E-state index contributed by atoms with van der Waals surface area (Å²) in [6.45, 7) is 5.50. The van der Waals surface area contributed by atoms with E-state index in [4.69, 9.17) is 9.47 Å². The van der Waals surface area contributed by atoms with Crippen molar-refractivity contribution in [2.24, 2.45) is 0 Å². The first-order valence-electron chi connectivity index (χ1n) is 9.31. The number of nitrogens with zero attached hydrogens (tertiary/aromatic N) is 1. The number of carbonyl (C=O) groups excluding carboxylic acids is 1. The summed E-state index contributed by atoms with van der Waals surface area (Å²) in [5.41, 5.74) is 0. The van der Waals surface area contributed by atoms with Crippen LogP contribution in [0.1, 0.15) is 39.5 Å². The molecule has 0 aliphatic carbocycles. The van der Waals surface area contributed by atoms with Crippen LogP contribution in [0.3, 0.4) is 0 Å². The zero-order valence-electron chi connectivity index (χ0n) is 15.6. The molecule has 0 spiro atoms. The summed E-state index contributed by atoms with van der Waals surface area (Å²) in [7, 11) is -3.00. The molecule has 1 amide bonds. The van der Waals surface area contributed by atoms with Crippen LogP contribution in [0.15, 0.2) is 24.3 Å². The molecule has 0 aromatic heterocycles. The van der Waals surface area contributed by atoms with Gasteiger partial charge in [0.05, 0.1) is 24.7 Å². The lowest BCUT2D eigenvalue weighted by Gasteiger charge is -2.28. The minimum absolute atomic E-state index is 0.00985. The lowest BCUT2D eigenvalue weighted by molar-refractivity contribution is -0.133. The van der Waals surface area contributed by atoms with Crippen LogP contribution in [0.5, 0.6) is 11.5 Å². The molecule has 1 aliphatic rings. The second-order valence-corrected chi connectivity index (χ2v) is 8.70. The fourth-order valence-electron chi connectivity index (χ4n) is 3.17. The van der Waals surface area contributed by atoms with E-state index in [9.17, 15) is 13.2 Å². The molecule has 1 heterocycles. The van der Waals surface area contributed by atoms with Crippen molar-refractivity contribution in [1.29, 1.82) is 0 Å². The molecule has 7 heteroatoms. The quantitative estimate of drug-likeness (QED) is 0.581. The molecule has 1 atom stereocenters. The first-order chi connectivity index (χ1) is 12.5. The van der Waals surface area contributed by atoms with E-state index in [-0.39, 0.29) is 23.5 Å². The number of amides is 1. The van der Waals surface area contributed by atoms with Crippen LogP contribution in [0.2, 0.25) is 0 Å². The Balaban J connectivity index is 1.83. The number of ether oxygens (including phenoxy) is 2. The summed E-state index contributed by atoms with van der Waals surface area (Å²) in [5, 5.41) is 0. The van der Waals surface area contributed by atoms with Gasteiger partial charge in [0.15, 0.2) is 21.3 Å². The van der Waals surface area contributed by atoms with Crippen molar-refractivity contribution in [2.75, 3.05) is 31.3 Å². The molecule has 1 aromatic carbocycles. The Kier molecular flexibility index (Phi) is 7.75. The van der Waals surface area contributed by atoms with E-state index in [2.05, 4.69) is 0 Å². The number of carbonyl (C=O) groups is 1. The van der Waals surface area contributed by atoms with Crippen molar-refractivity contribution in [3.05, 3.63) is 24.3 Å². The Hall–Kier alpha value is -1.76. The van der Waals surface area contributed by atoms with Gasteiger partial charge < -0.3 is 14.4 Å². The van der Waals surface area contributed by atoms with Gasteiger partial charge in [0.1, 0.15) is 0 Å². The minimum atomic E-state index is -3.00. The average molecular weight is 384 g/mol. The molecule has 1 fully saturated rings. The van der Waals surface area contributed by atoms with Crippen molar-refractivity contribution in [2.45, 2.75) is 45.6 Å². The van der Waals surface area contributed by atoms with E-state index in [1.165, 1.54) is 0 Å². The van der Waals surface area contributed by atoms with Gasteiger partial charge in [-0.3, -0.25) is 4.79 Å². The maximum absolute atomic E-state index is 12.6. The SMILES string of the molecule is CCCN(C(=O)CCCOc1ccccc1OCC)C1CCS(=O)(=O)C1. The van der Waals surface area contributed by atoms with Gasteiger partial charge in [-0.25, -0.2) is 8.42 Å². The molecule has 2 rings (SSSR count). The zero-order valence-corrected chi connectivity index (χ0v) is 16.5. The number of sulfone groups is 1. The first kappa shape index (κ1) is 20.6. The normalized spacial score (nSPS) is 18.5. The highest BCUT2D eigenvalue weighted by Crippen LogP contribution is 2.26. The van der Waals surface area contributed by atoms with Gasteiger partial charge in [-0.2, -0.15) is 0 Å². The van der Waals surface area contributed by atoms with Crippen LogP contribution in [-0.2, 0) is 14.6 Å². The first-order valence-corrected chi connectivity index (χ1v) is 11.1. The van der Waals surface area contributed by atoms with Crippen LogP contribution in [-0.4, -0.2) is 56.5 Å². The van der Waals surface area contributed by atoms with Gasteiger partial charge in [-0.1, -0.05) is 19.1 Å². The van der Waals surface area contributed by atoms with Gasteiger partial charge in [-0.15, -0.1) is 0 Å². The minimum Gasteiger partial charge on any atom is -0.490 e. The molecule has 0 radical (unpaired) electrons. The van der Waals surface area contributed by atoms with Gasteiger partial charge in [-0.05, 0) is 38.3 Å². The topological polar surface area (TPSA) is 72.9 Å². The van der Waals surface area contributed by atoms with Gasteiger partial charge in [0, 0.05) is 19.0 Å². The van der Waals surface area contributed by atoms with Crippen molar-refractivity contribution in [1.82, 2.24) is 4.90 Å². The fourth-order valence-corrected chi connectivity index (χ4v) is 4.90. The highest BCUT2D eigenvalue weighted by molar-refractivity contribution is 7.91. The van der Waals surface area contributed by atoms with E-state index >= 15 is 0 Å². The van der Waals surface area contributed by atoms with Crippen LogP contribution in [0.25, 0.3) is 0 Å². The third-order valence-electron chi connectivity index (χ3n) is 4.38. The van der Waals surface area contributed by atoms with Gasteiger partial charge >= 0.3 is 0 Å². The predicted octanol–water partition coefficient (Wildman–Crippen LogP) is 2.67. The number of para-hydroxylation sites is 2. The Morgan fingerprint density at radius 2 is 1.88 bits per heavy atom. The number of rotatable bonds is 10. The Morgan fingerprint density at radius 1 is 1.19 bits per heavy atom. The summed E-state index contributed by atoms with van der Waals surface area (Å²) >= 11 is 0. The van der Waals surface area contributed by atoms with Crippen LogP contribution in [0.4, 0.5) is 0 Å². The molecule has 1 aliphatic heterocycles. The fraction of sp³-hybridized carbons (Fsp3) is 0.632. The summed E-state index contributed by atoms with van der Waals surface area (Å²) in [4.78, 5) is 14.3. The van der Waals surface area contributed by atoms with Crippen molar-refractivity contribution in [3.8, 4) is 11.5 Å². The third kappa shape index (κ3) is 5.90. The predicted molar refractivity (Wildman–Crippen MR) is 101 cm³/mol. The van der Waals surface area contributed by atoms with E-state index in [0.29, 0.717) is 50.5 Å². The molecule has 0 N–H and O–H groups in total. The number of hydrogen-bond acceptors (Lipinski definition) is 5. The van der Waals surface area contributed by atoms with Gasteiger partial charge in [0.25, 0.3) is 0 Å². The summed E-state index contributed by atoms with van der Waals surface area (Å²) in [5.74, 6) is 1.66. The smallest absolute Gasteiger partial charge is 0.222 e. The summed E-state index contributed by atoms with van der Waals surface area (Å²) < 4.78 is 34.7. The average Bonchev–Trinajstić information content (AvgIpc) is 2.97. The van der Waals surface area contributed by atoms with Gasteiger partial charge in [0.2, 0.25) is 5.91 Å². The molecule has 146 valence electrons. The molecule has 6 nitrogen and oxygen atoms in total. The molecule has 1 unspecified atom stereocenters. The summed E-state index contributed by atoms with van der Waals surface area (Å²) in [6, 6.07) is 7.30. The van der Waals surface area contributed by atoms with Crippen molar-refractivity contribution in [3.63, 3.8) is 0 Å². The van der Waals surface area contributed by atoms with Crippen LogP contribution >= 0.6 is 0 Å². The number of benzene rings is 1. The number of hydrogen-bond donors (Lipinski definition) is 0. The molecule has 0 saturated carbocycles. The Labute approximate surface area is 156 Å². The Morgan fingerprint density at radius 3 is 2.46 bits per heavy atom. The standard InChI is InChI=1S/C19H29NO5S/c1-3-12-20(16-11-14-26(22,23)15-16)19(21)10-7-13-25-18-9-6-5-8-17(18)24-4-2/h5-6,8-9,16H,3-4,7,10-15H2,1-2H3. The molecular weight excluding hydrogens is 354 g/mol. The van der Waals surface area contributed by atoms with Crippen molar-refractivity contribution < 1.29 is 22.7 Å². The maximum atomic E-state index is 12.6. The largest absolute Gasteiger partial charge is 0.490 e. The Bertz CT molecular complexity index is 689. The van der Waals surface area contributed by atoms with E-state index < -0.39 is 9.84 Å². The second kappa shape index (κ2) is 9.80. The monoisotopic (exact) mass is 383 g/mol. The van der Waals surface area contributed by atoms with Crippen LogP contribution < -0.4 is 9.47 Å². The molecule has 1 aromatic rings. The third-order valence-corrected chi connectivity index (χ3v) is 6.13. The second-order valence-electron chi connectivity index (χ2n) is 6.48. The molecule has 1 saturated heterocycles. The zero-order chi connectivity index (χ0) is 19.0. The van der Waals surface area contributed by atoms with Crippen LogP contribution in [0, 0.1) is 0 Å².